The fraction of sp³-hybridized carbons (Fsp3) is 0.727. The Morgan fingerprint density at radius 2 is 0.298 bits per heavy atom. The van der Waals surface area contributed by atoms with E-state index in [4.69, 9.17) is 0 Å². The summed E-state index contributed by atoms with van der Waals surface area (Å²) < 4.78 is 15.0. The van der Waals surface area contributed by atoms with Gasteiger partial charge in [-0.3, -0.25) is 0 Å². The second-order valence-corrected chi connectivity index (χ2v) is 22.7. The number of aromatic nitrogens is 8. The number of rotatable bonds is 0. The predicted octanol–water partition coefficient (Wildman–Crippen LogP) is 9.08. The minimum absolute atomic E-state index is 0. The van der Waals surface area contributed by atoms with Gasteiger partial charge in [0.1, 0.15) is 0 Å². The molecule has 0 amide bonds. The van der Waals surface area contributed by atoms with E-state index in [2.05, 4.69) is 166 Å². The number of hydrogen-bond acceptors (Lipinski definition) is 0. The van der Waals surface area contributed by atoms with Crippen LogP contribution in [0, 0.1) is 31.1 Å². The van der Waals surface area contributed by atoms with Crippen LogP contribution in [0.4, 0.5) is 0 Å². The van der Waals surface area contributed by atoms with Crippen molar-refractivity contribution in [2.24, 2.45) is 0 Å². The Balaban J connectivity index is 0.000000729. The summed E-state index contributed by atoms with van der Waals surface area (Å²) in [6.45, 7) is 49.7. The molecule has 0 aliphatic heterocycles. The van der Waals surface area contributed by atoms with Crippen LogP contribution in [0.2, 0.25) is 0 Å². The predicted molar refractivity (Wildman–Crippen MR) is 236 cm³/mol. The van der Waals surface area contributed by atoms with Gasteiger partial charge in [0.25, 0.3) is 0 Å². The van der Waals surface area contributed by atoms with Gasteiger partial charge in [-0.2, -0.15) is 0 Å². The van der Waals surface area contributed by atoms with Crippen molar-refractivity contribution in [1.82, 2.24) is 36.5 Å². The summed E-state index contributed by atoms with van der Waals surface area (Å²) in [6, 6.07) is 0. The van der Waals surface area contributed by atoms with Crippen molar-refractivity contribution < 1.29 is 31.1 Å². The third-order valence-electron chi connectivity index (χ3n) is 8.96. The Morgan fingerprint density at radius 3 is 0.333 bits per heavy atom. The maximum absolute atomic E-state index is 10.0. The smallest absolute Gasteiger partial charge is 0.399 e. The Labute approximate surface area is 369 Å². The van der Waals surface area contributed by atoms with Gasteiger partial charge in [0.15, 0.2) is 0 Å². The second kappa shape index (κ2) is 18.2. The van der Waals surface area contributed by atoms with Crippen LogP contribution in [0.25, 0.3) is 21.6 Å². The van der Waals surface area contributed by atoms with E-state index < -0.39 is 0 Å². The van der Waals surface area contributed by atoms with E-state index in [1.807, 2.05) is 86.1 Å². The van der Waals surface area contributed by atoms with E-state index in [1.165, 1.54) is 0 Å². The molecular formula is C44H80N12U. The van der Waals surface area contributed by atoms with Crippen LogP contribution in [0.5, 0.6) is 0 Å². The largest absolute Gasteiger partial charge is 4.00 e. The van der Waals surface area contributed by atoms with Gasteiger partial charge >= 0.3 is 31.1 Å². The topological polar surface area (TPSA) is 129 Å². The van der Waals surface area contributed by atoms with Crippen molar-refractivity contribution in [3.05, 3.63) is 93.7 Å². The van der Waals surface area contributed by atoms with Gasteiger partial charge in [0, 0.05) is 22.5 Å². The molecule has 320 valence electrons. The van der Waals surface area contributed by atoms with E-state index in [9.17, 15) is 21.6 Å². The summed E-state index contributed by atoms with van der Waals surface area (Å²) in [6.07, 6.45) is 15.3. The van der Waals surface area contributed by atoms with Crippen LogP contribution in [0.1, 0.15) is 166 Å². The molecule has 57 heavy (non-hydrogen) atoms. The molecule has 0 fully saturated rings. The standard InChI is InChI=1S/4C11H20N3.U/c4*1-10(2,3)13-7-8-14(9(13)12)11(4,5)6;/h4*7-8H,1-6H3;/q4*-1;+4. The summed E-state index contributed by atoms with van der Waals surface area (Å²) in [5.74, 6) is 0. The zero-order valence-electron chi connectivity index (χ0n) is 40.5. The molecule has 4 rings (SSSR count). The van der Waals surface area contributed by atoms with Gasteiger partial charge in [-0.25, -0.2) is 0 Å². The van der Waals surface area contributed by atoms with Gasteiger partial charge in [0.05, 0.1) is 0 Å². The van der Waals surface area contributed by atoms with Gasteiger partial charge in [0.2, 0.25) is 0 Å². The van der Waals surface area contributed by atoms with Gasteiger partial charge in [-0.15, -0.1) is 0 Å². The quantitative estimate of drug-likeness (QED) is 0.167. The average molecular weight is 1020 g/mol. The molecule has 0 saturated heterocycles. The zero-order chi connectivity index (χ0) is 44.6. The molecular weight excluding hydrogens is 935 g/mol. The van der Waals surface area contributed by atoms with Gasteiger partial charge in [-0.1, -0.05) is 166 Å². The number of nitrogens with zero attached hydrogens (tertiary/aromatic N) is 12. The van der Waals surface area contributed by atoms with Crippen LogP contribution in [0.15, 0.2) is 49.6 Å². The third-order valence-corrected chi connectivity index (χ3v) is 8.96. The molecule has 0 atom stereocenters. The van der Waals surface area contributed by atoms with E-state index in [0.717, 1.165) is 0 Å². The fourth-order valence-electron chi connectivity index (χ4n) is 5.72. The Bertz CT molecular complexity index is 1650. The monoisotopic (exact) mass is 1010 g/mol. The van der Waals surface area contributed by atoms with E-state index >= 15 is 0 Å². The second-order valence-electron chi connectivity index (χ2n) is 22.7. The van der Waals surface area contributed by atoms with Gasteiger partial charge in [-0.05, 0) is 93.9 Å². The summed E-state index contributed by atoms with van der Waals surface area (Å²) in [7, 11) is 0. The first kappa shape index (κ1) is 54.1. The molecule has 0 aromatic carbocycles. The number of hydrogen-bond donors (Lipinski definition) is 0. The van der Waals surface area contributed by atoms with Crippen LogP contribution in [0.3, 0.4) is 0 Å². The first-order valence-electron chi connectivity index (χ1n) is 19.9. The van der Waals surface area contributed by atoms with Crippen molar-refractivity contribution in [3.63, 3.8) is 0 Å². The summed E-state index contributed by atoms with van der Waals surface area (Å²) in [4.78, 5) is 0. The molecule has 4 aromatic rings. The van der Waals surface area contributed by atoms with Crippen LogP contribution >= 0.6 is 0 Å². The van der Waals surface area contributed by atoms with Crippen LogP contribution < -0.4 is 22.5 Å². The minimum atomic E-state index is -0.0828. The summed E-state index contributed by atoms with van der Waals surface area (Å²) in [5.41, 5.74) is 0.579. The SMILES string of the molecule is CC(C)(C)n1ccn(C(C)(C)C)c1=[N-].CC(C)(C)n1ccn(C(C)(C)C)c1=[N-].CC(C)(C)n1ccn(C(C)(C)C)c1=[N-].CC(C)(C)n1ccn(C(C)(C)C)c1=[N-].[U+4]. The Morgan fingerprint density at radius 1 is 0.228 bits per heavy atom. The molecule has 0 saturated carbocycles. The minimum Gasteiger partial charge on any atom is -0.399 e. The third kappa shape index (κ3) is 14.7. The number of imidazole rings is 4. The molecule has 0 N–H and O–H groups in total. The van der Waals surface area contributed by atoms with E-state index in [0.29, 0.717) is 22.5 Å². The van der Waals surface area contributed by atoms with Crippen molar-refractivity contribution >= 4 is 0 Å². The molecule has 0 aliphatic rings. The Kier molecular flexibility index (Phi) is 17.2. The van der Waals surface area contributed by atoms with Gasteiger partial charge < -0.3 is 58.2 Å². The summed E-state index contributed by atoms with van der Waals surface area (Å²) in [5, 5.41) is 40.1. The van der Waals surface area contributed by atoms with Crippen molar-refractivity contribution in [2.45, 2.75) is 210 Å². The van der Waals surface area contributed by atoms with E-state index in [-0.39, 0.29) is 75.4 Å². The van der Waals surface area contributed by atoms with Crippen molar-refractivity contribution in [1.29, 1.82) is 0 Å². The van der Waals surface area contributed by atoms with E-state index in [1.54, 1.807) is 0 Å². The molecule has 12 nitrogen and oxygen atoms in total. The Hall–Kier alpha value is -2.91. The molecule has 0 radical (unpaired) electrons. The first-order valence-corrected chi connectivity index (χ1v) is 19.9. The summed E-state index contributed by atoms with van der Waals surface area (Å²) >= 11 is 0. The van der Waals surface area contributed by atoms with Crippen molar-refractivity contribution in [2.75, 3.05) is 0 Å². The first-order chi connectivity index (χ1) is 24.6. The zero-order valence-corrected chi connectivity index (χ0v) is 44.6. The maximum Gasteiger partial charge on any atom is 4.00 e. The molecule has 13 heteroatoms. The molecule has 4 heterocycles. The molecule has 0 spiro atoms. The maximum atomic E-state index is 10.0. The van der Waals surface area contributed by atoms with Crippen molar-refractivity contribution in [3.8, 4) is 0 Å². The average Bonchev–Trinajstić information content (AvgIpc) is 3.71. The fourth-order valence-corrected chi connectivity index (χ4v) is 5.72. The molecule has 4 aromatic heterocycles. The van der Waals surface area contributed by atoms with Crippen LogP contribution in [-0.2, 0) is 44.3 Å². The molecule has 0 unspecified atom stereocenters. The molecule has 0 bridgehead atoms. The molecule has 0 aliphatic carbocycles. The normalized spacial score (nSPS) is 13.1. The van der Waals surface area contributed by atoms with Crippen LogP contribution in [-0.4, -0.2) is 36.5 Å².